The third-order valence-corrected chi connectivity index (χ3v) is 4.05. The molecule has 1 N–H and O–H groups in total. The number of nitrogens with zero attached hydrogens (tertiary/aromatic N) is 4. The highest BCUT2D eigenvalue weighted by molar-refractivity contribution is 5.76. The average molecular weight is 295 g/mol. The van der Waals surface area contributed by atoms with Crippen molar-refractivity contribution in [3.05, 3.63) is 12.7 Å². The van der Waals surface area contributed by atoms with Gasteiger partial charge in [-0.2, -0.15) is 0 Å². The third-order valence-electron chi connectivity index (χ3n) is 4.05. The van der Waals surface area contributed by atoms with Crippen LogP contribution in [0.15, 0.2) is 12.7 Å². The Morgan fingerprint density at radius 1 is 1.38 bits per heavy atom. The van der Waals surface area contributed by atoms with Crippen LogP contribution in [-0.4, -0.2) is 65.0 Å². The predicted octanol–water partition coefficient (Wildman–Crippen LogP) is -0.00290. The van der Waals surface area contributed by atoms with Crippen LogP contribution in [0, 0.1) is 11.8 Å². The fourth-order valence-electron chi connectivity index (χ4n) is 2.87. The number of aromatic nitrogens is 3. The molecule has 0 aromatic carbocycles. The Hall–Kier alpha value is -1.47. The number of rotatable bonds is 7. The molecular weight excluding hydrogens is 270 g/mol. The van der Waals surface area contributed by atoms with Crippen LogP contribution in [0.1, 0.15) is 13.8 Å². The maximum Gasteiger partial charge on any atom is 0.240 e. The summed E-state index contributed by atoms with van der Waals surface area (Å²) in [5.41, 5.74) is 0. The third kappa shape index (κ3) is 4.50. The molecule has 1 saturated heterocycles. The van der Waals surface area contributed by atoms with Crippen LogP contribution in [0.4, 0.5) is 0 Å². The Morgan fingerprint density at radius 2 is 2.10 bits per heavy atom. The molecule has 118 valence electrons. The average Bonchev–Trinajstić information content (AvgIpc) is 3.06. The summed E-state index contributed by atoms with van der Waals surface area (Å²) < 4.78 is 6.82. The van der Waals surface area contributed by atoms with E-state index in [1.54, 1.807) is 24.3 Å². The maximum absolute atomic E-state index is 12.1. The smallest absolute Gasteiger partial charge is 0.240 e. The van der Waals surface area contributed by atoms with Crippen LogP contribution < -0.4 is 5.32 Å². The normalized spacial score (nSPS) is 22.9. The number of ether oxygens (including phenoxy) is 1. The number of methoxy groups -OCH3 is 1. The maximum atomic E-state index is 12.1. The van der Waals surface area contributed by atoms with Crippen LogP contribution in [0.25, 0.3) is 0 Å². The van der Waals surface area contributed by atoms with Crippen molar-refractivity contribution in [3.63, 3.8) is 0 Å². The second kappa shape index (κ2) is 7.51. The Balaban J connectivity index is 1.88. The lowest BCUT2D eigenvalue weighted by Gasteiger charge is -2.23. The molecule has 21 heavy (non-hydrogen) atoms. The first-order valence-electron chi connectivity index (χ1n) is 7.43. The summed E-state index contributed by atoms with van der Waals surface area (Å²) in [5, 5.41) is 10.6. The number of carbonyl (C=O) groups excluding carboxylic acids is 1. The molecule has 1 aliphatic heterocycles. The van der Waals surface area contributed by atoms with Crippen LogP contribution in [-0.2, 0) is 16.1 Å². The molecule has 2 rings (SSSR count). The molecule has 0 bridgehead atoms. The summed E-state index contributed by atoms with van der Waals surface area (Å²) in [4.78, 5) is 14.5. The summed E-state index contributed by atoms with van der Waals surface area (Å²) in [6.07, 6.45) is 3.11. The molecule has 7 nitrogen and oxygen atoms in total. The van der Waals surface area contributed by atoms with Gasteiger partial charge in [-0.3, -0.25) is 9.69 Å². The van der Waals surface area contributed by atoms with Crippen LogP contribution >= 0.6 is 0 Å². The summed E-state index contributed by atoms with van der Waals surface area (Å²) in [6, 6.07) is 0.200. The zero-order valence-electron chi connectivity index (χ0n) is 13.0. The van der Waals surface area contributed by atoms with Gasteiger partial charge in [0, 0.05) is 32.8 Å². The summed E-state index contributed by atoms with van der Waals surface area (Å²) in [5.74, 6) is 1.03. The van der Waals surface area contributed by atoms with Crippen molar-refractivity contribution >= 4 is 5.91 Å². The van der Waals surface area contributed by atoms with Crippen molar-refractivity contribution in [1.29, 1.82) is 0 Å². The molecule has 1 amide bonds. The number of amides is 1. The van der Waals surface area contributed by atoms with Gasteiger partial charge in [0.25, 0.3) is 0 Å². The summed E-state index contributed by atoms with van der Waals surface area (Å²) >= 11 is 0. The highest BCUT2D eigenvalue weighted by Gasteiger charge is 2.35. The van der Waals surface area contributed by atoms with Gasteiger partial charge in [-0.1, -0.05) is 13.8 Å². The highest BCUT2D eigenvalue weighted by atomic mass is 16.5. The van der Waals surface area contributed by atoms with E-state index in [2.05, 4.69) is 34.3 Å². The van der Waals surface area contributed by atoms with Crippen molar-refractivity contribution in [2.45, 2.75) is 26.4 Å². The van der Waals surface area contributed by atoms with Crippen molar-refractivity contribution in [1.82, 2.24) is 25.0 Å². The first-order valence-corrected chi connectivity index (χ1v) is 7.43. The molecule has 1 aromatic rings. The van der Waals surface area contributed by atoms with E-state index in [1.165, 1.54) is 0 Å². The first kappa shape index (κ1) is 15.9. The zero-order chi connectivity index (χ0) is 15.2. The van der Waals surface area contributed by atoms with Gasteiger partial charge in [0.1, 0.15) is 19.2 Å². The van der Waals surface area contributed by atoms with Gasteiger partial charge in [0.05, 0.1) is 6.61 Å². The van der Waals surface area contributed by atoms with E-state index in [-0.39, 0.29) is 18.5 Å². The molecular formula is C14H25N5O2. The molecule has 2 heterocycles. The zero-order valence-corrected chi connectivity index (χ0v) is 13.0. The van der Waals surface area contributed by atoms with E-state index in [1.807, 2.05) is 0 Å². The van der Waals surface area contributed by atoms with Gasteiger partial charge in [-0.25, -0.2) is 0 Å². The standard InChI is InChI=1S/C14H25N5O2/c1-11(2)12-6-18(4-5-21-3)7-13(12)17-14(20)8-19-9-15-16-10-19/h9-13H,4-8H2,1-3H3,(H,17,20)/t12-,13+/m1/s1. The molecule has 0 saturated carbocycles. The van der Waals surface area contributed by atoms with E-state index < -0.39 is 0 Å². The van der Waals surface area contributed by atoms with Crippen molar-refractivity contribution in [3.8, 4) is 0 Å². The summed E-state index contributed by atoms with van der Waals surface area (Å²) in [6.45, 7) is 8.24. The Labute approximate surface area is 125 Å². The fraction of sp³-hybridized carbons (Fsp3) is 0.786. The van der Waals surface area contributed by atoms with E-state index in [0.717, 1.165) is 26.2 Å². The fourth-order valence-corrected chi connectivity index (χ4v) is 2.87. The lowest BCUT2D eigenvalue weighted by molar-refractivity contribution is -0.122. The van der Waals surface area contributed by atoms with Crippen LogP contribution in [0.5, 0.6) is 0 Å². The second-order valence-electron chi connectivity index (χ2n) is 5.97. The molecule has 1 aromatic heterocycles. The Bertz CT molecular complexity index is 435. The van der Waals surface area contributed by atoms with Crippen molar-refractivity contribution in [2.75, 3.05) is 33.4 Å². The number of hydrogen-bond acceptors (Lipinski definition) is 5. The number of nitrogens with one attached hydrogen (secondary N) is 1. The highest BCUT2D eigenvalue weighted by Crippen LogP contribution is 2.24. The largest absolute Gasteiger partial charge is 0.383 e. The van der Waals surface area contributed by atoms with Gasteiger partial charge in [-0.05, 0) is 11.8 Å². The predicted molar refractivity (Wildman–Crippen MR) is 78.6 cm³/mol. The lowest BCUT2D eigenvalue weighted by Crippen LogP contribution is -2.43. The minimum Gasteiger partial charge on any atom is -0.383 e. The van der Waals surface area contributed by atoms with Crippen LogP contribution in [0.2, 0.25) is 0 Å². The van der Waals surface area contributed by atoms with E-state index in [0.29, 0.717) is 11.8 Å². The SMILES string of the molecule is COCCN1C[C@H](NC(=O)Cn2cnnc2)[C@@H](C(C)C)C1. The van der Waals surface area contributed by atoms with E-state index in [9.17, 15) is 4.79 Å². The number of likely N-dealkylation sites (tertiary alicyclic amines) is 1. The van der Waals surface area contributed by atoms with Crippen LogP contribution in [0.3, 0.4) is 0 Å². The Kier molecular flexibility index (Phi) is 5.69. The van der Waals surface area contributed by atoms with Crippen molar-refractivity contribution < 1.29 is 9.53 Å². The molecule has 0 aliphatic carbocycles. The molecule has 7 heteroatoms. The minimum absolute atomic E-state index is 0.0130. The first-order chi connectivity index (χ1) is 10.1. The molecule has 1 aliphatic rings. The number of carbonyl (C=O) groups is 1. The second-order valence-corrected chi connectivity index (χ2v) is 5.97. The van der Waals surface area contributed by atoms with Gasteiger partial charge in [-0.15, -0.1) is 10.2 Å². The lowest BCUT2D eigenvalue weighted by atomic mass is 9.91. The molecule has 0 unspecified atom stereocenters. The number of hydrogen-bond donors (Lipinski definition) is 1. The van der Waals surface area contributed by atoms with Gasteiger partial charge >= 0.3 is 0 Å². The molecule has 0 spiro atoms. The summed E-state index contributed by atoms with van der Waals surface area (Å²) in [7, 11) is 1.72. The quantitative estimate of drug-likeness (QED) is 0.766. The topological polar surface area (TPSA) is 72.3 Å². The van der Waals surface area contributed by atoms with Gasteiger partial charge in [0.15, 0.2) is 0 Å². The Morgan fingerprint density at radius 3 is 2.71 bits per heavy atom. The molecule has 0 radical (unpaired) electrons. The minimum atomic E-state index is 0.0130. The van der Waals surface area contributed by atoms with Crippen molar-refractivity contribution in [2.24, 2.45) is 11.8 Å². The van der Waals surface area contributed by atoms with Gasteiger partial charge in [0.2, 0.25) is 5.91 Å². The molecule has 1 fully saturated rings. The van der Waals surface area contributed by atoms with E-state index in [4.69, 9.17) is 4.74 Å². The van der Waals surface area contributed by atoms with E-state index >= 15 is 0 Å². The van der Waals surface area contributed by atoms with Gasteiger partial charge < -0.3 is 14.6 Å². The molecule has 2 atom stereocenters. The monoisotopic (exact) mass is 295 g/mol.